The van der Waals surface area contributed by atoms with Gasteiger partial charge in [0.25, 0.3) is 0 Å². The summed E-state index contributed by atoms with van der Waals surface area (Å²) in [6, 6.07) is 8.72. The van der Waals surface area contributed by atoms with E-state index in [-0.39, 0.29) is 5.60 Å². The smallest absolute Gasteiger partial charge is 0.0801 e. The molecule has 1 fully saturated rings. The van der Waals surface area contributed by atoms with Crippen LogP contribution in [0.3, 0.4) is 0 Å². The van der Waals surface area contributed by atoms with Crippen LogP contribution in [0.15, 0.2) is 24.3 Å². The van der Waals surface area contributed by atoms with Crippen LogP contribution in [0.4, 0.5) is 5.69 Å². The maximum atomic E-state index is 5.72. The molecule has 1 aromatic rings. The molecule has 1 aliphatic heterocycles. The topological polar surface area (TPSA) is 38.5 Å². The van der Waals surface area contributed by atoms with Gasteiger partial charge < -0.3 is 15.4 Å². The van der Waals surface area contributed by atoms with Gasteiger partial charge in [0.1, 0.15) is 0 Å². The zero-order valence-corrected chi connectivity index (χ0v) is 10.8. The van der Waals surface area contributed by atoms with Crippen LogP contribution in [0.2, 0.25) is 0 Å². The van der Waals surface area contributed by atoms with Gasteiger partial charge in [-0.1, -0.05) is 12.1 Å². The summed E-state index contributed by atoms with van der Waals surface area (Å²) in [5, 5.41) is 0. The van der Waals surface area contributed by atoms with Crippen LogP contribution in [0, 0.1) is 0 Å². The molecule has 0 spiro atoms. The Balaban J connectivity index is 2.06. The lowest BCUT2D eigenvalue weighted by Crippen LogP contribution is -2.48. The summed E-state index contributed by atoms with van der Waals surface area (Å²) >= 11 is 0. The number of rotatable bonds is 3. The number of benzene rings is 1. The molecule has 0 amide bonds. The third-order valence-corrected chi connectivity index (χ3v) is 3.16. The Labute approximate surface area is 104 Å². The summed E-state index contributed by atoms with van der Waals surface area (Å²) in [5.74, 6) is 0. The molecule has 0 radical (unpaired) electrons. The van der Waals surface area contributed by atoms with Crippen LogP contribution in [0.5, 0.6) is 0 Å². The number of hydrogen-bond donors (Lipinski definition) is 1. The van der Waals surface area contributed by atoms with Gasteiger partial charge in [0.2, 0.25) is 0 Å². The first-order valence-corrected chi connectivity index (χ1v) is 6.29. The van der Waals surface area contributed by atoms with E-state index in [1.165, 1.54) is 11.3 Å². The minimum absolute atomic E-state index is 0.0474. The summed E-state index contributed by atoms with van der Waals surface area (Å²) in [6.45, 7) is 7.72. The summed E-state index contributed by atoms with van der Waals surface area (Å²) in [5.41, 5.74) is 8.09. The molecule has 0 aromatic heterocycles. The zero-order valence-electron chi connectivity index (χ0n) is 10.8. The lowest BCUT2D eigenvalue weighted by Gasteiger charge is -2.39. The summed E-state index contributed by atoms with van der Waals surface area (Å²) in [7, 11) is 0. The van der Waals surface area contributed by atoms with Crippen molar-refractivity contribution in [3.63, 3.8) is 0 Å². The van der Waals surface area contributed by atoms with Crippen LogP contribution >= 0.6 is 0 Å². The minimum atomic E-state index is -0.0474. The molecule has 1 aliphatic rings. The molecule has 3 nitrogen and oxygen atoms in total. The van der Waals surface area contributed by atoms with Gasteiger partial charge in [0, 0.05) is 18.8 Å². The fourth-order valence-electron chi connectivity index (χ4n) is 2.28. The third-order valence-electron chi connectivity index (χ3n) is 3.16. The van der Waals surface area contributed by atoms with Crippen LogP contribution in [-0.2, 0) is 11.2 Å². The Hall–Kier alpha value is -1.06. The summed E-state index contributed by atoms with van der Waals surface area (Å²) in [4.78, 5) is 2.38. The quantitative estimate of drug-likeness (QED) is 0.866. The number of morpholine rings is 1. The van der Waals surface area contributed by atoms with E-state index in [1.54, 1.807) is 0 Å². The van der Waals surface area contributed by atoms with E-state index in [1.807, 2.05) is 0 Å². The van der Waals surface area contributed by atoms with Gasteiger partial charge in [0.15, 0.2) is 0 Å². The molecule has 1 aromatic carbocycles. The fraction of sp³-hybridized carbons (Fsp3) is 0.571. The predicted molar refractivity (Wildman–Crippen MR) is 71.4 cm³/mol. The molecule has 0 bridgehead atoms. The average Bonchev–Trinajstić information content (AvgIpc) is 2.29. The monoisotopic (exact) mass is 234 g/mol. The summed E-state index contributed by atoms with van der Waals surface area (Å²) < 4.78 is 5.72. The molecule has 0 aliphatic carbocycles. The van der Waals surface area contributed by atoms with Gasteiger partial charge in [-0.05, 0) is 44.5 Å². The highest BCUT2D eigenvalue weighted by molar-refractivity contribution is 5.48. The maximum absolute atomic E-state index is 5.72. The van der Waals surface area contributed by atoms with Crippen LogP contribution in [-0.4, -0.2) is 31.8 Å². The van der Waals surface area contributed by atoms with Gasteiger partial charge in [-0.25, -0.2) is 0 Å². The predicted octanol–water partition coefficient (Wildman–Crippen LogP) is 1.80. The molecule has 0 unspecified atom stereocenters. The second kappa shape index (κ2) is 5.07. The first kappa shape index (κ1) is 12.4. The number of ether oxygens (including phenoxy) is 1. The molecule has 2 N–H and O–H groups in total. The van der Waals surface area contributed by atoms with Gasteiger partial charge in [-0.15, -0.1) is 0 Å². The zero-order chi connectivity index (χ0) is 12.3. The minimum Gasteiger partial charge on any atom is -0.372 e. The van der Waals surface area contributed by atoms with E-state index in [9.17, 15) is 0 Å². The Morgan fingerprint density at radius 1 is 1.29 bits per heavy atom. The van der Waals surface area contributed by atoms with Crippen molar-refractivity contribution in [1.29, 1.82) is 0 Å². The van der Waals surface area contributed by atoms with Crippen molar-refractivity contribution >= 4 is 5.69 Å². The van der Waals surface area contributed by atoms with Crippen molar-refractivity contribution < 1.29 is 4.74 Å². The highest BCUT2D eigenvalue weighted by atomic mass is 16.5. The lowest BCUT2D eigenvalue weighted by molar-refractivity contribution is -0.0276. The van der Waals surface area contributed by atoms with Crippen molar-refractivity contribution in [2.75, 3.05) is 31.1 Å². The Morgan fingerprint density at radius 2 is 2.00 bits per heavy atom. The second-order valence-electron chi connectivity index (χ2n) is 5.23. The fourth-order valence-corrected chi connectivity index (χ4v) is 2.28. The first-order valence-electron chi connectivity index (χ1n) is 6.29. The van der Waals surface area contributed by atoms with E-state index in [0.29, 0.717) is 6.54 Å². The number of anilines is 1. The molecule has 3 heteroatoms. The van der Waals surface area contributed by atoms with E-state index >= 15 is 0 Å². The number of hydrogen-bond acceptors (Lipinski definition) is 3. The van der Waals surface area contributed by atoms with Crippen molar-refractivity contribution in [1.82, 2.24) is 0 Å². The number of nitrogens with zero attached hydrogens (tertiary/aromatic N) is 1. The van der Waals surface area contributed by atoms with E-state index in [2.05, 4.69) is 43.0 Å². The van der Waals surface area contributed by atoms with Crippen LogP contribution in [0.25, 0.3) is 0 Å². The molecular formula is C14H22N2O. The van der Waals surface area contributed by atoms with Gasteiger partial charge in [-0.3, -0.25) is 0 Å². The van der Waals surface area contributed by atoms with Gasteiger partial charge in [0.05, 0.1) is 12.2 Å². The van der Waals surface area contributed by atoms with E-state index < -0.39 is 0 Å². The highest BCUT2D eigenvalue weighted by Crippen LogP contribution is 2.23. The third kappa shape index (κ3) is 3.20. The second-order valence-corrected chi connectivity index (χ2v) is 5.23. The van der Waals surface area contributed by atoms with Gasteiger partial charge >= 0.3 is 0 Å². The molecule has 0 atom stereocenters. The largest absolute Gasteiger partial charge is 0.372 e. The van der Waals surface area contributed by atoms with E-state index in [4.69, 9.17) is 10.5 Å². The molecule has 17 heavy (non-hydrogen) atoms. The maximum Gasteiger partial charge on any atom is 0.0801 e. The molecule has 1 saturated heterocycles. The Morgan fingerprint density at radius 3 is 2.59 bits per heavy atom. The summed E-state index contributed by atoms with van der Waals surface area (Å²) in [6.07, 6.45) is 0.953. The molecule has 2 rings (SSSR count). The first-order chi connectivity index (χ1) is 8.11. The Kier molecular flexibility index (Phi) is 3.69. The Bertz CT molecular complexity index is 359. The SMILES string of the molecule is CC1(C)CN(c2ccc(CCN)cc2)CCO1. The van der Waals surface area contributed by atoms with Crippen LogP contribution in [0.1, 0.15) is 19.4 Å². The average molecular weight is 234 g/mol. The molecular weight excluding hydrogens is 212 g/mol. The highest BCUT2D eigenvalue weighted by Gasteiger charge is 2.27. The van der Waals surface area contributed by atoms with E-state index in [0.717, 1.165) is 26.1 Å². The molecule has 0 saturated carbocycles. The van der Waals surface area contributed by atoms with Crippen molar-refractivity contribution in [3.05, 3.63) is 29.8 Å². The molecule has 1 heterocycles. The standard InChI is InChI=1S/C14H22N2O/c1-14(2)11-16(9-10-17-14)13-5-3-12(4-6-13)7-8-15/h3-6H,7-11,15H2,1-2H3. The van der Waals surface area contributed by atoms with Crippen LogP contribution < -0.4 is 10.6 Å². The van der Waals surface area contributed by atoms with Crippen molar-refractivity contribution in [3.8, 4) is 0 Å². The van der Waals surface area contributed by atoms with Gasteiger partial charge in [-0.2, -0.15) is 0 Å². The normalized spacial score (nSPS) is 19.4. The van der Waals surface area contributed by atoms with Crippen molar-refractivity contribution in [2.45, 2.75) is 25.9 Å². The lowest BCUT2D eigenvalue weighted by atomic mass is 10.1. The van der Waals surface area contributed by atoms with Crippen molar-refractivity contribution in [2.24, 2.45) is 5.73 Å². The number of nitrogens with two attached hydrogens (primary N) is 1. The molecule has 94 valence electrons.